The number of carbonyl (C=O) groups is 1. The van der Waals surface area contributed by atoms with E-state index >= 15 is 0 Å². The van der Waals surface area contributed by atoms with Crippen LogP contribution in [0.2, 0.25) is 0 Å². The summed E-state index contributed by atoms with van der Waals surface area (Å²) in [6.45, 7) is 11.5. The van der Waals surface area contributed by atoms with Gasteiger partial charge in [0.2, 0.25) is 0 Å². The fourth-order valence-corrected chi connectivity index (χ4v) is 4.89. The van der Waals surface area contributed by atoms with E-state index in [1.165, 1.54) is 31.2 Å². The highest BCUT2D eigenvalue weighted by molar-refractivity contribution is 5.94. The lowest BCUT2D eigenvalue weighted by Crippen LogP contribution is -2.34. The smallest absolute Gasteiger partial charge is 0.251 e. The number of hydrogen-bond donors (Lipinski definition) is 1. The molecule has 0 saturated heterocycles. The van der Waals surface area contributed by atoms with Crippen molar-refractivity contribution in [2.24, 2.45) is 0 Å². The van der Waals surface area contributed by atoms with Crippen LogP contribution in [0.4, 0.5) is 0 Å². The van der Waals surface area contributed by atoms with Crippen LogP contribution in [0.15, 0.2) is 85.2 Å². The normalized spacial score (nSPS) is 12.1. The van der Waals surface area contributed by atoms with Gasteiger partial charge in [-0.05, 0) is 66.1 Å². The zero-order chi connectivity index (χ0) is 30.0. The molecule has 1 aromatic heterocycles. The van der Waals surface area contributed by atoms with Crippen LogP contribution in [0.5, 0.6) is 5.75 Å². The molecular formula is C37H45N3O2. The molecule has 0 aliphatic rings. The summed E-state index contributed by atoms with van der Waals surface area (Å²) in [5.41, 5.74) is 6.11. The summed E-state index contributed by atoms with van der Waals surface area (Å²) in [5.74, 6) is 1.54. The van der Waals surface area contributed by atoms with Gasteiger partial charge >= 0.3 is 0 Å². The lowest BCUT2D eigenvalue weighted by Gasteiger charge is -2.19. The number of unbranched alkanes of at least 4 members (excludes halogenated alkanes) is 4. The Balaban J connectivity index is 1.27. The molecule has 1 unspecified atom stereocenters. The van der Waals surface area contributed by atoms with Crippen molar-refractivity contribution in [3.05, 3.63) is 102 Å². The molecule has 5 heteroatoms. The zero-order valence-corrected chi connectivity index (χ0v) is 25.8. The monoisotopic (exact) mass is 563 g/mol. The Morgan fingerprint density at radius 3 is 2.02 bits per heavy atom. The average Bonchev–Trinajstić information content (AvgIpc) is 2.99. The summed E-state index contributed by atoms with van der Waals surface area (Å²) >= 11 is 0. The van der Waals surface area contributed by atoms with Gasteiger partial charge in [0.05, 0.1) is 6.61 Å². The molecule has 0 spiro atoms. The molecule has 0 radical (unpaired) electrons. The molecule has 1 heterocycles. The Morgan fingerprint density at radius 2 is 1.40 bits per heavy atom. The first kappa shape index (κ1) is 31.0. The summed E-state index contributed by atoms with van der Waals surface area (Å²) in [7, 11) is 0. The van der Waals surface area contributed by atoms with Crippen LogP contribution >= 0.6 is 0 Å². The third kappa shape index (κ3) is 9.01. The van der Waals surface area contributed by atoms with E-state index in [0.29, 0.717) is 11.4 Å². The number of benzene rings is 3. The van der Waals surface area contributed by atoms with Crippen LogP contribution in [0.25, 0.3) is 22.5 Å². The molecule has 0 fully saturated rings. The first-order chi connectivity index (χ1) is 20.2. The molecule has 5 nitrogen and oxygen atoms in total. The van der Waals surface area contributed by atoms with Crippen molar-refractivity contribution >= 4 is 5.91 Å². The number of rotatable bonds is 13. The van der Waals surface area contributed by atoms with Crippen LogP contribution in [0.3, 0.4) is 0 Å². The van der Waals surface area contributed by atoms with Crippen molar-refractivity contribution in [3.63, 3.8) is 0 Å². The van der Waals surface area contributed by atoms with Gasteiger partial charge in [0, 0.05) is 35.1 Å². The first-order valence-corrected chi connectivity index (χ1v) is 15.3. The minimum Gasteiger partial charge on any atom is -0.494 e. The Kier molecular flexibility index (Phi) is 10.9. The van der Waals surface area contributed by atoms with Gasteiger partial charge in [-0.25, -0.2) is 9.97 Å². The quantitative estimate of drug-likeness (QED) is 0.165. The van der Waals surface area contributed by atoms with Crippen molar-refractivity contribution in [1.82, 2.24) is 15.3 Å². The topological polar surface area (TPSA) is 64.1 Å². The van der Waals surface area contributed by atoms with E-state index in [1.54, 1.807) is 0 Å². The highest BCUT2D eigenvalue weighted by atomic mass is 16.5. The zero-order valence-electron chi connectivity index (χ0n) is 25.8. The van der Waals surface area contributed by atoms with E-state index in [-0.39, 0.29) is 17.4 Å². The molecule has 0 saturated carbocycles. The minimum absolute atomic E-state index is 0.00348. The predicted molar refractivity (Wildman–Crippen MR) is 173 cm³/mol. The summed E-state index contributed by atoms with van der Waals surface area (Å²) in [5, 5.41) is 3.12. The number of ether oxygens (including phenoxy) is 1. The third-order valence-electron chi connectivity index (χ3n) is 7.50. The van der Waals surface area contributed by atoms with Crippen molar-refractivity contribution in [2.45, 2.75) is 84.6 Å². The number of amides is 1. The molecule has 42 heavy (non-hydrogen) atoms. The van der Waals surface area contributed by atoms with E-state index in [9.17, 15) is 4.79 Å². The SMILES string of the molecule is CCCCCCCOc1ccc(-c2cnc(-c3ccc(CC(C)NC(=O)c4ccc(C(C)(C)C)cc4)cc3)nc2)cc1. The Hall–Kier alpha value is -3.99. The lowest BCUT2D eigenvalue weighted by atomic mass is 9.86. The maximum atomic E-state index is 12.7. The van der Waals surface area contributed by atoms with Gasteiger partial charge < -0.3 is 10.1 Å². The van der Waals surface area contributed by atoms with E-state index in [4.69, 9.17) is 4.74 Å². The van der Waals surface area contributed by atoms with Crippen LogP contribution < -0.4 is 10.1 Å². The highest BCUT2D eigenvalue weighted by Gasteiger charge is 2.15. The number of carbonyl (C=O) groups excluding carboxylic acids is 1. The van der Waals surface area contributed by atoms with Gasteiger partial charge in [-0.1, -0.05) is 102 Å². The van der Waals surface area contributed by atoms with Crippen LogP contribution in [0, 0.1) is 0 Å². The molecule has 220 valence electrons. The van der Waals surface area contributed by atoms with Gasteiger partial charge in [-0.3, -0.25) is 4.79 Å². The Morgan fingerprint density at radius 1 is 0.786 bits per heavy atom. The second-order valence-electron chi connectivity index (χ2n) is 12.2. The summed E-state index contributed by atoms with van der Waals surface area (Å²) in [6.07, 6.45) is 10.6. The molecule has 0 aliphatic heterocycles. The maximum absolute atomic E-state index is 12.7. The van der Waals surface area contributed by atoms with Crippen LogP contribution in [-0.4, -0.2) is 28.5 Å². The average molecular weight is 564 g/mol. The standard InChI is InChI=1S/C37H45N3O2/c1-6-7-8-9-10-23-42-34-21-17-29(18-22-34)32-25-38-35(39-26-32)30-13-11-28(12-14-30)24-27(2)40-36(41)31-15-19-33(20-16-31)37(3,4)5/h11-22,25-27H,6-10,23-24H2,1-5H3,(H,40,41). The van der Waals surface area contributed by atoms with Gasteiger partial charge in [-0.15, -0.1) is 0 Å². The fraction of sp³-hybridized carbons (Fsp3) is 0.378. The van der Waals surface area contributed by atoms with E-state index in [0.717, 1.165) is 47.5 Å². The van der Waals surface area contributed by atoms with Gasteiger partial charge in [0.1, 0.15) is 5.75 Å². The number of hydrogen-bond acceptors (Lipinski definition) is 4. The van der Waals surface area contributed by atoms with Crippen molar-refractivity contribution in [2.75, 3.05) is 6.61 Å². The number of nitrogens with one attached hydrogen (secondary N) is 1. The lowest BCUT2D eigenvalue weighted by molar-refractivity contribution is 0.0940. The summed E-state index contributed by atoms with van der Waals surface area (Å²) in [6, 6.07) is 24.3. The molecule has 1 atom stereocenters. The van der Waals surface area contributed by atoms with Gasteiger partial charge in [0.15, 0.2) is 5.82 Å². The fourth-order valence-electron chi connectivity index (χ4n) is 4.89. The minimum atomic E-state index is -0.0481. The largest absolute Gasteiger partial charge is 0.494 e. The van der Waals surface area contributed by atoms with E-state index in [1.807, 2.05) is 67.8 Å². The predicted octanol–water partition coefficient (Wildman–Crippen LogP) is 8.82. The molecule has 1 amide bonds. The maximum Gasteiger partial charge on any atom is 0.251 e. The number of nitrogens with zero attached hydrogens (tertiary/aromatic N) is 2. The molecule has 0 aliphatic carbocycles. The van der Waals surface area contributed by atoms with Crippen molar-refractivity contribution in [3.8, 4) is 28.3 Å². The highest BCUT2D eigenvalue weighted by Crippen LogP contribution is 2.24. The van der Waals surface area contributed by atoms with Crippen LogP contribution in [-0.2, 0) is 11.8 Å². The third-order valence-corrected chi connectivity index (χ3v) is 7.50. The second-order valence-corrected chi connectivity index (χ2v) is 12.2. The van der Waals surface area contributed by atoms with Crippen LogP contribution in [0.1, 0.15) is 88.2 Å². The van der Waals surface area contributed by atoms with Crippen molar-refractivity contribution < 1.29 is 9.53 Å². The number of aromatic nitrogens is 2. The molecule has 1 N–H and O–H groups in total. The van der Waals surface area contributed by atoms with E-state index in [2.05, 4.69) is 67.2 Å². The summed E-state index contributed by atoms with van der Waals surface area (Å²) in [4.78, 5) is 22.0. The molecule has 0 bridgehead atoms. The molecule has 4 rings (SSSR count). The molecular weight excluding hydrogens is 518 g/mol. The molecule has 4 aromatic rings. The van der Waals surface area contributed by atoms with E-state index < -0.39 is 0 Å². The Bertz CT molecular complexity index is 1390. The van der Waals surface area contributed by atoms with Gasteiger partial charge in [-0.2, -0.15) is 0 Å². The molecule has 3 aromatic carbocycles. The summed E-state index contributed by atoms with van der Waals surface area (Å²) < 4.78 is 5.89. The van der Waals surface area contributed by atoms with Gasteiger partial charge in [0.25, 0.3) is 5.91 Å². The first-order valence-electron chi connectivity index (χ1n) is 15.3. The second kappa shape index (κ2) is 14.8. The Labute approximate surface area is 251 Å². The van der Waals surface area contributed by atoms with Crippen molar-refractivity contribution in [1.29, 1.82) is 0 Å².